The molecule has 1 atom stereocenters. The molecule has 1 N–H and O–H groups in total. The summed E-state index contributed by atoms with van der Waals surface area (Å²) in [5, 5.41) is 7.46. The summed E-state index contributed by atoms with van der Waals surface area (Å²) in [6.45, 7) is 6.88. The molecular formula is C16H20N2O. The first kappa shape index (κ1) is 12.4. The van der Waals surface area contributed by atoms with E-state index in [1.165, 1.54) is 12.0 Å². The van der Waals surface area contributed by atoms with E-state index in [1.54, 1.807) is 6.26 Å². The van der Waals surface area contributed by atoms with Crippen LogP contribution in [0.4, 0.5) is 0 Å². The molecule has 1 saturated heterocycles. The van der Waals surface area contributed by atoms with E-state index in [9.17, 15) is 0 Å². The van der Waals surface area contributed by atoms with Crippen LogP contribution in [0.25, 0.3) is 11.3 Å². The molecule has 19 heavy (non-hydrogen) atoms. The van der Waals surface area contributed by atoms with Gasteiger partial charge in [-0.25, -0.2) is 0 Å². The molecule has 0 radical (unpaired) electrons. The van der Waals surface area contributed by atoms with Crippen molar-refractivity contribution in [2.24, 2.45) is 5.41 Å². The second-order valence-corrected chi connectivity index (χ2v) is 6.01. The van der Waals surface area contributed by atoms with Crippen molar-refractivity contribution in [3.63, 3.8) is 0 Å². The van der Waals surface area contributed by atoms with Gasteiger partial charge in [-0.2, -0.15) is 0 Å². The lowest BCUT2D eigenvalue weighted by Crippen LogP contribution is -2.41. The Morgan fingerprint density at radius 3 is 2.63 bits per heavy atom. The summed E-state index contributed by atoms with van der Waals surface area (Å²) >= 11 is 0. The van der Waals surface area contributed by atoms with Crippen LogP contribution in [-0.4, -0.2) is 18.2 Å². The highest BCUT2D eigenvalue weighted by Crippen LogP contribution is 2.40. The van der Waals surface area contributed by atoms with Gasteiger partial charge >= 0.3 is 0 Å². The van der Waals surface area contributed by atoms with E-state index < -0.39 is 0 Å². The molecule has 1 aliphatic heterocycles. The fourth-order valence-electron chi connectivity index (χ4n) is 3.04. The Labute approximate surface area is 114 Å². The molecule has 0 bridgehead atoms. The molecule has 0 saturated carbocycles. The predicted octanol–water partition coefficient (Wildman–Crippen LogP) is 3.44. The van der Waals surface area contributed by atoms with Gasteiger partial charge < -0.3 is 9.84 Å². The van der Waals surface area contributed by atoms with Crippen molar-refractivity contribution in [1.29, 1.82) is 0 Å². The normalized spacial score (nSPS) is 22.3. The number of hydrogen-bond donors (Lipinski definition) is 1. The third-order valence-corrected chi connectivity index (χ3v) is 4.18. The molecule has 1 unspecified atom stereocenters. The van der Waals surface area contributed by atoms with Crippen molar-refractivity contribution in [3.05, 3.63) is 42.2 Å². The van der Waals surface area contributed by atoms with Gasteiger partial charge in [0.05, 0.1) is 0 Å². The van der Waals surface area contributed by atoms with Crippen LogP contribution in [0.5, 0.6) is 0 Å². The largest absolute Gasteiger partial charge is 0.364 e. The van der Waals surface area contributed by atoms with Gasteiger partial charge in [0.2, 0.25) is 0 Å². The van der Waals surface area contributed by atoms with Crippen LogP contribution in [0, 0.1) is 5.41 Å². The molecule has 0 spiro atoms. The molecule has 2 aromatic rings. The smallest absolute Gasteiger partial charge is 0.124 e. The summed E-state index contributed by atoms with van der Waals surface area (Å²) in [7, 11) is 0. The number of nitrogens with zero attached hydrogens (tertiary/aromatic N) is 1. The minimum absolute atomic E-state index is 0.313. The fraction of sp³-hybridized carbons (Fsp3) is 0.438. The SMILES string of the molecule is CC1(C)CNCCC1c1ccc(-c2ccon2)cc1. The molecule has 2 heterocycles. The topological polar surface area (TPSA) is 38.1 Å². The molecule has 1 fully saturated rings. The maximum atomic E-state index is 4.89. The van der Waals surface area contributed by atoms with Crippen LogP contribution in [0.15, 0.2) is 41.1 Å². The number of nitrogens with one attached hydrogen (secondary N) is 1. The first-order chi connectivity index (χ1) is 9.17. The van der Waals surface area contributed by atoms with Crippen molar-refractivity contribution in [2.75, 3.05) is 13.1 Å². The van der Waals surface area contributed by atoms with Gasteiger partial charge in [-0.05, 0) is 29.9 Å². The van der Waals surface area contributed by atoms with Gasteiger partial charge in [0.15, 0.2) is 0 Å². The molecule has 1 aromatic heterocycles. The van der Waals surface area contributed by atoms with E-state index in [0.717, 1.165) is 24.3 Å². The Morgan fingerprint density at radius 2 is 2.00 bits per heavy atom. The first-order valence-corrected chi connectivity index (χ1v) is 6.88. The fourth-order valence-corrected chi connectivity index (χ4v) is 3.04. The molecule has 0 aliphatic carbocycles. The third-order valence-electron chi connectivity index (χ3n) is 4.18. The Kier molecular flexibility index (Phi) is 3.15. The highest BCUT2D eigenvalue weighted by atomic mass is 16.5. The van der Waals surface area contributed by atoms with Crippen LogP contribution < -0.4 is 5.32 Å². The van der Waals surface area contributed by atoms with Gasteiger partial charge in [0.25, 0.3) is 0 Å². The number of benzene rings is 1. The summed E-state index contributed by atoms with van der Waals surface area (Å²) in [4.78, 5) is 0. The second kappa shape index (κ2) is 4.82. The molecule has 1 aliphatic rings. The standard InChI is InChI=1S/C16H20N2O/c1-16(2)11-17-9-7-14(16)12-3-5-13(6-4-12)15-8-10-19-18-15/h3-6,8,10,14,17H,7,9,11H2,1-2H3. The first-order valence-electron chi connectivity index (χ1n) is 6.88. The van der Waals surface area contributed by atoms with E-state index in [4.69, 9.17) is 4.52 Å². The van der Waals surface area contributed by atoms with Crippen molar-refractivity contribution in [2.45, 2.75) is 26.2 Å². The Morgan fingerprint density at radius 1 is 1.21 bits per heavy atom. The van der Waals surface area contributed by atoms with Crippen molar-refractivity contribution in [3.8, 4) is 11.3 Å². The monoisotopic (exact) mass is 256 g/mol. The summed E-state index contributed by atoms with van der Waals surface area (Å²) in [6, 6.07) is 10.7. The molecule has 3 rings (SSSR count). The molecule has 1 aromatic carbocycles. The zero-order chi connectivity index (χ0) is 13.3. The quantitative estimate of drug-likeness (QED) is 0.894. The van der Waals surface area contributed by atoms with Gasteiger partial charge in [-0.3, -0.25) is 0 Å². The van der Waals surface area contributed by atoms with Crippen LogP contribution in [0.1, 0.15) is 31.7 Å². The minimum Gasteiger partial charge on any atom is -0.364 e. The maximum Gasteiger partial charge on any atom is 0.124 e. The lowest BCUT2D eigenvalue weighted by molar-refractivity contribution is 0.219. The molecular weight excluding hydrogens is 236 g/mol. The zero-order valence-corrected chi connectivity index (χ0v) is 11.5. The third kappa shape index (κ3) is 2.43. The van der Waals surface area contributed by atoms with E-state index in [0.29, 0.717) is 11.3 Å². The van der Waals surface area contributed by atoms with Crippen LogP contribution in [-0.2, 0) is 0 Å². The van der Waals surface area contributed by atoms with Crippen molar-refractivity contribution in [1.82, 2.24) is 10.5 Å². The number of rotatable bonds is 2. The van der Waals surface area contributed by atoms with Gasteiger partial charge in [0, 0.05) is 18.2 Å². The number of hydrogen-bond acceptors (Lipinski definition) is 3. The van der Waals surface area contributed by atoms with Gasteiger partial charge in [0.1, 0.15) is 12.0 Å². The molecule has 0 amide bonds. The molecule has 3 nitrogen and oxygen atoms in total. The molecule has 3 heteroatoms. The van der Waals surface area contributed by atoms with E-state index in [2.05, 4.69) is 48.6 Å². The Balaban J connectivity index is 1.86. The average Bonchev–Trinajstić information content (AvgIpc) is 2.92. The van der Waals surface area contributed by atoms with Gasteiger partial charge in [-0.1, -0.05) is 43.3 Å². The van der Waals surface area contributed by atoms with Crippen molar-refractivity contribution >= 4 is 0 Å². The van der Waals surface area contributed by atoms with Crippen LogP contribution in [0.3, 0.4) is 0 Å². The van der Waals surface area contributed by atoms with E-state index in [1.807, 2.05) is 6.07 Å². The second-order valence-electron chi connectivity index (χ2n) is 6.01. The zero-order valence-electron chi connectivity index (χ0n) is 11.5. The van der Waals surface area contributed by atoms with Crippen molar-refractivity contribution < 1.29 is 4.52 Å². The lowest BCUT2D eigenvalue weighted by atomic mass is 9.71. The summed E-state index contributed by atoms with van der Waals surface area (Å²) < 4.78 is 4.89. The molecule has 100 valence electrons. The summed E-state index contributed by atoms with van der Waals surface area (Å²) in [6.07, 6.45) is 2.81. The highest BCUT2D eigenvalue weighted by molar-refractivity contribution is 5.58. The number of piperidine rings is 1. The average molecular weight is 256 g/mol. The predicted molar refractivity (Wildman–Crippen MR) is 75.9 cm³/mol. The van der Waals surface area contributed by atoms with Gasteiger partial charge in [-0.15, -0.1) is 0 Å². The van der Waals surface area contributed by atoms with Crippen LogP contribution in [0.2, 0.25) is 0 Å². The summed E-state index contributed by atoms with van der Waals surface area (Å²) in [5.41, 5.74) is 3.76. The lowest BCUT2D eigenvalue weighted by Gasteiger charge is -2.39. The minimum atomic E-state index is 0.313. The summed E-state index contributed by atoms with van der Waals surface area (Å²) in [5.74, 6) is 0.625. The maximum absolute atomic E-state index is 4.89. The number of aromatic nitrogens is 1. The van der Waals surface area contributed by atoms with E-state index in [-0.39, 0.29) is 0 Å². The van der Waals surface area contributed by atoms with Crippen LogP contribution >= 0.6 is 0 Å². The van der Waals surface area contributed by atoms with E-state index >= 15 is 0 Å². The Bertz CT molecular complexity index is 528. The Hall–Kier alpha value is -1.61. The highest BCUT2D eigenvalue weighted by Gasteiger charge is 2.33.